The monoisotopic (exact) mass is 310 g/mol. The molecule has 0 heterocycles. The summed E-state index contributed by atoms with van der Waals surface area (Å²) >= 11 is 0. The van der Waals surface area contributed by atoms with Crippen LogP contribution in [-0.2, 0) is 0 Å². The van der Waals surface area contributed by atoms with Crippen molar-refractivity contribution in [2.75, 3.05) is 0 Å². The molecule has 19 heavy (non-hydrogen) atoms. The van der Waals surface area contributed by atoms with Gasteiger partial charge in [-0.15, -0.1) is 12.3 Å². The molecule has 0 amide bonds. The van der Waals surface area contributed by atoms with Crippen molar-refractivity contribution in [3.63, 3.8) is 0 Å². The molecular weight excluding hydrogens is 276 g/mol. The normalized spacial score (nSPS) is 12.9. The Balaban J connectivity index is 6.04. The van der Waals surface area contributed by atoms with Crippen LogP contribution in [0, 0.1) is 0 Å². The van der Waals surface area contributed by atoms with Crippen LogP contribution in [0.4, 0.5) is 0 Å². The molecule has 0 bridgehead atoms. The van der Waals surface area contributed by atoms with Crippen LogP contribution in [0.5, 0.6) is 0 Å². The molecule has 0 aliphatic rings. The Morgan fingerprint density at radius 2 is 1.26 bits per heavy atom. The van der Waals surface area contributed by atoms with E-state index in [9.17, 15) is 0 Å². The Morgan fingerprint density at radius 3 is 1.53 bits per heavy atom. The van der Waals surface area contributed by atoms with E-state index in [1.807, 2.05) is 6.08 Å². The fraction of sp³-hybridized carbons (Fsp3) is 0.688. The summed E-state index contributed by atoms with van der Waals surface area (Å²) < 4.78 is 0. The second-order valence-corrected chi connectivity index (χ2v) is 24.2. The van der Waals surface area contributed by atoms with E-state index in [4.69, 9.17) is 0 Å². The van der Waals surface area contributed by atoms with Crippen molar-refractivity contribution in [1.82, 2.24) is 0 Å². The average molecular weight is 311 g/mol. The minimum atomic E-state index is -1.26. The zero-order valence-electron chi connectivity index (χ0n) is 14.7. The zero-order valence-corrected chi connectivity index (χ0v) is 17.7. The zero-order chi connectivity index (χ0) is 15.5. The molecule has 0 spiro atoms. The van der Waals surface area contributed by atoms with Gasteiger partial charge in [0.2, 0.25) is 0 Å². The van der Waals surface area contributed by atoms with E-state index >= 15 is 0 Å². The molecule has 0 N–H and O–H groups in total. The lowest BCUT2D eigenvalue weighted by molar-refractivity contribution is 1.02. The maximum atomic E-state index is 3.98. The van der Waals surface area contributed by atoms with Crippen LogP contribution in [0.2, 0.25) is 58.9 Å². The fourth-order valence-corrected chi connectivity index (χ4v) is 14.2. The van der Waals surface area contributed by atoms with Gasteiger partial charge in [0.1, 0.15) is 0 Å². The minimum Gasteiger partial charge on any atom is -0.136 e. The predicted molar refractivity (Wildman–Crippen MR) is 100 cm³/mol. The smallest absolute Gasteiger partial charge is 0.0823 e. The molecule has 0 rings (SSSR count). The molecule has 0 aliphatic carbocycles. The molecule has 0 saturated carbocycles. The molecule has 0 atom stereocenters. The highest BCUT2D eigenvalue weighted by Crippen LogP contribution is 2.27. The Hall–Kier alpha value is -0.0894. The lowest BCUT2D eigenvalue weighted by atomic mass is 10.3. The summed E-state index contributed by atoms with van der Waals surface area (Å²) in [5.74, 6) is 0. The molecule has 0 saturated heterocycles. The van der Waals surface area contributed by atoms with E-state index < -0.39 is 24.2 Å². The predicted octanol–water partition coefficient (Wildman–Crippen LogP) is 6.04. The summed E-state index contributed by atoms with van der Waals surface area (Å²) in [5.41, 5.74) is 3.98. The number of hydrogen-bond acceptors (Lipinski definition) is 0. The first-order valence-corrected chi connectivity index (χ1v) is 17.9. The van der Waals surface area contributed by atoms with Gasteiger partial charge in [0.25, 0.3) is 0 Å². The topological polar surface area (TPSA) is 0 Å². The van der Waals surface area contributed by atoms with Gasteiger partial charge in [0, 0.05) is 0 Å². The molecule has 0 aromatic rings. The van der Waals surface area contributed by atoms with Crippen molar-refractivity contribution in [2.45, 2.75) is 71.8 Å². The van der Waals surface area contributed by atoms with Gasteiger partial charge in [-0.25, -0.2) is 0 Å². The van der Waals surface area contributed by atoms with Crippen LogP contribution in [-0.4, -0.2) is 24.2 Å². The fourth-order valence-electron chi connectivity index (χ4n) is 2.52. The summed E-state index contributed by atoms with van der Waals surface area (Å²) in [6, 6.07) is 0. The van der Waals surface area contributed by atoms with Gasteiger partial charge in [-0.2, -0.15) is 0 Å². The van der Waals surface area contributed by atoms with Crippen LogP contribution < -0.4 is 0 Å². The molecule has 0 aliphatic heterocycles. The van der Waals surface area contributed by atoms with Crippen molar-refractivity contribution in [2.24, 2.45) is 0 Å². The van der Waals surface area contributed by atoms with Crippen molar-refractivity contribution < 1.29 is 0 Å². The molecule has 0 aromatic heterocycles. The quantitative estimate of drug-likeness (QED) is 0.319. The minimum absolute atomic E-state index is 1.09. The maximum absolute atomic E-state index is 3.98. The number of hydrogen-bond donors (Lipinski definition) is 0. The van der Waals surface area contributed by atoms with E-state index in [1.165, 1.54) is 0 Å². The van der Waals surface area contributed by atoms with Crippen LogP contribution in [0.15, 0.2) is 28.4 Å². The molecule has 0 nitrogen and oxygen atoms in total. The number of rotatable bonds is 6. The van der Waals surface area contributed by atoms with Crippen molar-refractivity contribution in [3.8, 4) is 0 Å². The first kappa shape index (κ1) is 18.9. The highest BCUT2D eigenvalue weighted by atomic mass is 28.4. The Bertz CT molecular complexity index is 362. The lowest BCUT2D eigenvalue weighted by Gasteiger charge is -2.30. The van der Waals surface area contributed by atoms with Gasteiger partial charge in [-0.05, 0) is 18.0 Å². The Morgan fingerprint density at radius 1 is 0.842 bits per heavy atom. The third kappa shape index (κ3) is 6.75. The van der Waals surface area contributed by atoms with Crippen LogP contribution in [0.25, 0.3) is 0 Å². The first-order valence-electron chi connectivity index (χ1n) is 7.42. The highest BCUT2D eigenvalue weighted by molar-refractivity contribution is 7.04. The van der Waals surface area contributed by atoms with Crippen LogP contribution in [0.3, 0.4) is 0 Å². The first-order chi connectivity index (χ1) is 8.30. The summed E-state index contributed by atoms with van der Waals surface area (Å²) in [6.45, 7) is 26.1. The maximum Gasteiger partial charge on any atom is 0.0823 e. The molecule has 110 valence electrons. The molecule has 0 radical (unpaired) electrons. The van der Waals surface area contributed by atoms with Gasteiger partial charge < -0.3 is 0 Å². The SMILES string of the molecule is C=CCCC(=C=C([Si](C)(C)C)[Si](C)(C)C)[Si](C)(C)C. The van der Waals surface area contributed by atoms with Crippen molar-refractivity contribution >= 4 is 24.2 Å². The van der Waals surface area contributed by atoms with E-state index in [0.717, 1.165) is 12.8 Å². The average Bonchev–Trinajstić information content (AvgIpc) is 2.11. The van der Waals surface area contributed by atoms with Crippen LogP contribution >= 0.6 is 0 Å². The van der Waals surface area contributed by atoms with Crippen LogP contribution in [0.1, 0.15) is 12.8 Å². The second-order valence-electron chi connectivity index (χ2n) is 8.56. The Kier molecular flexibility index (Phi) is 6.54. The third-order valence-corrected chi connectivity index (χ3v) is 13.2. The summed E-state index contributed by atoms with van der Waals surface area (Å²) in [5, 5.41) is 1.62. The molecular formula is C16H34Si3. The molecule has 0 unspecified atom stereocenters. The highest BCUT2D eigenvalue weighted by Gasteiger charge is 2.31. The van der Waals surface area contributed by atoms with Gasteiger partial charge in [-0.3, -0.25) is 0 Å². The van der Waals surface area contributed by atoms with E-state index in [-0.39, 0.29) is 0 Å². The van der Waals surface area contributed by atoms with Crippen molar-refractivity contribution in [1.29, 1.82) is 0 Å². The van der Waals surface area contributed by atoms with Gasteiger partial charge >= 0.3 is 0 Å². The van der Waals surface area contributed by atoms with E-state index in [0.29, 0.717) is 0 Å². The van der Waals surface area contributed by atoms with E-state index in [1.54, 1.807) is 10.0 Å². The summed E-state index contributed by atoms with van der Waals surface area (Å²) in [4.78, 5) is 1.72. The van der Waals surface area contributed by atoms with Gasteiger partial charge in [0.05, 0.1) is 24.2 Å². The molecule has 3 heteroatoms. The standard InChI is InChI=1S/C16H34Si3/c1-11-12-13-15(17(2,3)4)14-16(18(5,6)7)19(8,9)10/h11H,1,12-13H2,2-10H3. The lowest BCUT2D eigenvalue weighted by Crippen LogP contribution is -2.40. The van der Waals surface area contributed by atoms with Crippen molar-refractivity contribution in [3.05, 3.63) is 28.4 Å². The Labute approximate surface area is 124 Å². The number of allylic oxidation sites excluding steroid dienone is 2. The summed E-state index contributed by atoms with van der Waals surface area (Å²) in [6.07, 6.45) is 4.31. The third-order valence-electron chi connectivity index (χ3n) is 3.28. The second kappa shape index (κ2) is 6.57. The van der Waals surface area contributed by atoms with Gasteiger partial charge in [0.15, 0.2) is 0 Å². The van der Waals surface area contributed by atoms with E-state index in [2.05, 4.69) is 71.2 Å². The largest absolute Gasteiger partial charge is 0.136 e. The van der Waals surface area contributed by atoms with Gasteiger partial charge in [-0.1, -0.05) is 69.8 Å². The molecule has 0 fully saturated rings. The molecule has 0 aromatic carbocycles. The summed E-state index contributed by atoms with van der Waals surface area (Å²) in [7, 11) is -3.78.